The molecule has 180 valence electrons. The maximum Gasteiger partial charge on any atom is 0.310 e. The number of hydrogen-bond acceptors (Lipinski definition) is 8. The standard InChI is InChI=1S/C24H36O8/c1-11-17-18(28-16(10)12(2)3)19(30-21(25)13(4)5)20(31-22(26)14(6)7)24(29-17)32-23(27)15(8)9/h1,12-15,17-20,24H,10H2,2-9H3/t17?,18-,19-,20+,24+/m1/s1. The molecule has 8 heteroatoms. The number of hydrogen-bond donors (Lipinski definition) is 0. The van der Waals surface area contributed by atoms with E-state index < -0.39 is 66.4 Å². The van der Waals surface area contributed by atoms with Gasteiger partial charge in [-0.15, -0.1) is 6.42 Å². The minimum Gasteiger partial charge on any atom is -0.487 e. The Balaban J connectivity index is 3.47. The molecule has 0 aromatic carbocycles. The Morgan fingerprint density at radius 3 is 1.56 bits per heavy atom. The summed E-state index contributed by atoms with van der Waals surface area (Å²) in [5.74, 6) is -0.413. The molecule has 1 fully saturated rings. The van der Waals surface area contributed by atoms with E-state index in [0.717, 1.165) is 0 Å². The lowest BCUT2D eigenvalue weighted by atomic mass is 9.97. The molecule has 5 atom stereocenters. The van der Waals surface area contributed by atoms with E-state index in [0.29, 0.717) is 5.76 Å². The van der Waals surface area contributed by atoms with Crippen LogP contribution in [0.25, 0.3) is 0 Å². The van der Waals surface area contributed by atoms with Crippen molar-refractivity contribution < 1.29 is 38.1 Å². The van der Waals surface area contributed by atoms with Crippen LogP contribution in [0.2, 0.25) is 0 Å². The summed E-state index contributed by atoms with van der Waals surface area (Å²) in [6.07, 6.45) is -0.281. The summed E-state index contributed by atoms with van der Waals surface area (Å²) < 4.78 is 28.5. The molecule has 0 spiro atoms. The van der Waals surface area contributed by atoms with Crippen LogP contribution in [0.4, 0.5) is 0 Å². The van der Waals surface area contributed by atoms with E-state index >= 15 is 0 Å². The fraction of sp³-hybridized carbons (Fsp3) is 0.708. The van der Waals surface area contributed by atoms with Gasteiger partial charge >= 0.3 is 17.9 Å². The van der Waals surface area contributed by atoms with E-state index in [4.69, 9.17) is 30.1 Å². The molecule has 0 aromatic heterocycles. The van der Waals surface area contributed by atoms with E-state index in [1.54, 1.807) is 41.5 Å². The van der Waals surface area contributed by atoms with Crippen LogP contribution in [-0.4, -0.2) is 48.6 Å². The predicted molar refractivity (Wildman–Crippen MR) is 117 cm³/mol. The lowest BCUT2D eigenvalue weighted by Crippen LogP contribution is -2.62. The van der Waals surface area contributed by atoms with Crippen LogP contribution >= 0.6 is 0 Å². The van der Waals surface area contributed by atoms with Crippen molar-refractivity contribution >= 4 is 17.9 Å². The molecule has 1 rings (SSSR count). The van der Waals surface area contributed by atoms with Crippen molar-refractivity contribution in [2.45, 2.75) is 86.1 Å². The highest BCUT2D eigenvalue weighted by Gasteiger charge is 2.53. The number of terminal acetylenes is 1. The summed E-state index contributed by atoms with van der Waals surface area (Å²) in [5, 5.41) is 0. The van der Waals surface area contributed by atoms with Crippen molar-refractivity contribution in [2.75, 3.05) is 0 Å². The first-order valence-electron chi connectivity index (χ1n) is 10.9. The molecule has 0 radical (unpaired) electrons. The van der Waals surface area contributed by atoms with Crippen LogP contribution in [0.3, 0.4) is 0 Å². The molecule has 0 saturated carbocycles. The summed E-state index contributed by atoms with van der Waals surface area (Å²) in [4.78, 5) is 37.3. The van der Waals surface area contributed by atoms with Gasteiger partial charge in [0.15, 0.2) is 18.3 Å². The minimum absolute atomic E-state index is 0.0666. The number of allylic oxidation sites excluding steroid dienone is 1. The topological polar surface area (TPSA) is 97.4 Å². The maximum absolute atomic E-state index is 12.5. The van der Waals surface area contributed by atoms with Crippen LogP contribution in [0.15, 0.2) is 12.3 Å². The van der Waals surface area contributed by atoms with Gasteiger partial charge in [-0.05, 0) is 0 Å². The molecule has 1 saturated heterocycles. The zero-order valence-electron chi connectivity index (χ0n) is 20.2. The average Bonchev–Trinajstić information content (AvgIpc) is 2.70. The van der Waals surface area contributed by atoms with E-state index in [2.05, 4.69) is 12.5 Å². The van der Waals surface area contributed by atoms with E-state index in [1.165, 1.54) is 0 Å². The zero-order chi connectivity index (χ0) is 24.7. The SMILES string of the molecule is C#CC1O[C@@H](OC(=O)C(C)C)[C@@H](OC(=O)C(C)C)[C@H](OC(=O)C(C)C)[C@@H]1OC(=C)C(C)C. The fourth-order valence-corrected chi connectivity index (χ4v) is 2.53. The Hall–Kier alpha value is -2.53. The van der Waals surface area contributed by atoms with Gasteiger partial charge in [0.05, 0.1) is 23.5 Å². The molecule has 1 unspecified atom stereocenters. The van der Waals surface area contributed by atoms with E-state index in [9.17, 15) is 14.4 Å². The van der Waals surface area contributed by atoms with Crippen molar-refractivity contribution in [3.63, 3.8) is 0 Å². The average molecular weight is 453 g/mol. The summed E-state index contributed by atoms with van der Waals surface area (Å²) in [6, 6.07) is 0. The quantitative estimate of drug-likeness (QED) is 0.228. The molecule has 0 aromatic rings. The molecule has 1 aliphatic heterocycles. The molecule has 0 aliphatic carbocycles. The molecule has 0 N–H and O–H groups in total. The Morgan fingerprint density at radius 2 is 1.16 bits per heavy atom. The highest BCUT2D eigenvalue weighted by atomic mass is 16.7. The van der Waals surface area contributed by atoms with Crippen molar-refractivity contribution in [1.29, 1.82) is 0 Å². The third-order valence-corrected chi connectivity index (χ3v) is 4.74. The molecule has 1 aliphatic rings. The molecule has 0 amide bonds. The van der Waals surface area contributed by atoms with Crippen molar-refractivity contribution in [2.24, 2.45) is 23.7 Å². The Kier molecular flexibility index (Phi) is 10.2. The Labute approximate surface area is 190 Å². The van der Waals surface area contributed by atoms with Gasteiger partial charge in [0.1, 0.15) is 0 Å². The first kappa shape index (κ1) is 27.5. The molecular weight excluding hydrogens is 416 g/mol. The van der Waals surface area contributed by atoms with Crippen molar-refractivity contribution in [3.05, 3.63) is 12.3 Å². The van der Waals surface area contributed by atoms with Crippen LogP contribution in [0.1, 0.15) is 55.4 Å². The van der Waals surface area contributed by atoms with E-state index in [1.807, 2.05) is 13.8 Å². The van der Waals surface area contributed by atoms with Gasteiger partial charge in [0.25, 0.3) is 0 Å². The molecule has 0 bridgehead atoms. The third-order valence-electron chi connectivity index (χ3n) is 4.74. The molecular formula is C24H36O8. The van der Waals surface area contributed by atoms with Gasteiger partial charge in [0.2, 0.25) is 12.4 Å². The first-order chi connectivity index (χ1) is 14.8. The second kappa shape index (κ2) is 11.9. The number of rotatable bonds is 9. The highest BCUT2D eigenvalue weighted by Crippen LogP contribution is 2.32. The van der Waals surface area contributed by atoms with Gasteiger partial charge in [-0.1, -0.05) is 67.9 Å². The lowest BCUT2D eigenvalue weighted by Gasteiger charge is -2.44. The summed E-state index contributed by atoms with van der Waals surface area (Å²) in [7, 11) is 0. The highest BCUT2D eigenvalue weighted by molar-refractivity contribution is 5.73. The number of carbonyl (C=O) groups excluding carboxylic acids is 3. The number of esters is 3. The lowest BCUT2D eigenvalue weighted by molar-refractivity contribution is -0.289. The van der Waals surface area contributed by atoms with Gasteiger partial charge in [-0.3, -0.25) is 14.4 Å². The molecule has 1 heterocycles. The molecule has 32 heavy (non-hydrogen) atoms. The third kappa shape index (κ3) is 7.27. The minimum atomic E-state index is -1.38. The van der Waals surface area contributed by atoms with Gasteiger partial charge < -0.3 is 23.7 Å². The second-order valence-corrected chi connectivity index (χ2v) is 9.00. The van der Waals surface area contributed by atoms with Crippen molar-refractivity contribution in [3.8, 4) is 12.3 Å². The maximum atomic E-state index is 12.5. The van der Waals surface area contributed by atoms with E-state index in [-0.39, 0.29) is 5.92 Å². The Bertz CT molecular complexity index is 731. The first-order valence-corrected chi connectivity index (χ1v) is 10.9. The molecule has 8 nitrogen and oxygen atoms in total. The zero-order valence-corrected chi connectivity index (χ0v) is 20.2. The van der Waals surface area contributed by atoms with Crippen LogP contribution in [0.5, 0.6) is 0 Å². The number of carbonyl (C=O) groups is 3. The normalized spacial score (nSPS) is 25.4. The van der Waals surface area contributed by atoms with Crippen LogP contribution in [0, 0.1) is 36.0 Å². The smallest absolute Gasteiger partial charge is 0.310 e. The summed E-state index contributed by atoms with van der Waals surface area (Å²) in [5.41, 5.74) is 0. The summed E-state index contributed by atoms with van der Waals surface area (Å²) >= 11 is 0. The number of ether oxygens (including phenoxy) is 5. The monoisotopic (exact) mass is 452 g/mol. The van der Waals surface area contributed by atoms with Crippen molar-refractivity contribution in [1.82, 2.24) is 0 Å². The second-order valence-electron chi connectivity index (χ2n) is 9.00. The van der Waals surface area contributed by atoms with Gasteiger partial charge in [-0.2, -0.15) is 0 Å². The van der Waals surface area contributed by atoms with Crippen LogP contribution in [-0.2, 0) is 38.1 Å². The fourth-order valence-electron chi connectivity index (χ4n) is 2.53. The largest absolute Gasteiger partial charge is 0.487 e. The predicted octanol–water partition coefficient (Wildman–Crippen LogP) is 3.23. The van der Waals surface area contributed by atoms with Gasteiger partial charge in [-0.25, -0.2) is 0 Å². The van der Waals surface area contributed by atoms with Gasteiger partial charge in [0, 0.05) is 5.92 Å². The summed E-state index contributed by atoms with van der Waals surface area (Å²) in [6.45, 7) is 17.5. The Morgan fingerprint density at radius 1 is 0.719 bits per heavy atom. The van der Waals surface area contributed by atoms with Crippen LogP contribution < -0.4 is 0 Å².